The second kappa shape index (κ2) is 4.50. The lowest BCUT2D eigenvalue weighted by Crippen LogP contribution is -2.27. The molecule has 0 spiro atoms. The summed E-state index contributed by atoms with van der Waals surface area (Å²) >= 11 is 0. The summed E-state index contributed by atoms with van der Waals surface area (Å²) in [5.41, 5.74) is 0.716. The molecular weight excluding hydrogens is 192 g/mol. The van der Waals surface area contributed by atoms with Gasteiger partial charge in [-0.05, 0) is 6.92 Å². The highest BCUT2D eigenvalue weighted by molar-refractivity contribution is 5.75. The molecule has 0 amide bonds. The number of ketones is 1. The Labute approximate surface area is 87.5 Å². The van der Waals surface area contributed by atoms with Gasteiger partial charge in [0.1, 0.15) is 6.54 Å². The fourth-order valence-corrected chi connectivity index (χ4v) is 1.21. The average molecular weight is 204 g/mol. The van der Waals surface area contributed by atoms with Crippen molar-refractivity contribution in [2.75, 3.05) is 0 Å². The van der Waals surface area contributed by atoms with Gasteiger partial charge in [0.05, 0.1) is 6.20 Å². The van der Waals surface area contributed by atoms with Gasteiger partial charge >= 0.3 is 0 Å². The van der Waals surface area contributed by atoms with Crippen LogP contribution in [0.5, 0.6) is 0 Å². The molecule has 0 radical (unpaired) electrons. The SMILES string of the molecule is C=Cc1cnn(CC(C)=O)c(=O)c1C=C. The Hall–Kier alpha value is -1.97. The zero-order chi connectivity index (χ0) is 11.4. The van der Waals surface area contributed by atoms with Crippen molar-refractivity contribution in [3.63, 3.8) is 0 Å². The van der Waals surface area contributed by atoms with Crippen molar-refractivity contribution >= 4 is 17.9 Å². The molecule has 0 aliphatic heterocycles. The number of aromatic nitrogens is 2. The molecule has 1 rings (SSSR count). The lowest BCUT2D eigenvalue weighted by molar-refractivity contribution is -0.117. The Morgan fingerprint density at radius 1 is 1.53 bits per heavy atom. The number of hydrogen-bond donors (Lipinski definition) is 0. The third-order valence-electron chi connectivity index (χ3n) is 1.91. The van der Waals surface area contributed by atoms with Crippen molar-refractivity contribution in [3.05, 3.63) is 40.8 Å². The van der Waals surface area contributed by atoms with Gasteiger partial charge < -0.3 is 0 Å². The monoisotopic (exact) mass is 204 g/mol. The van der Waals surface area contributed by atoms with Crippen molar-refractivity contribution in [2.45, 2.75) is 13.5 Å². The molecule has 15 heavy (non-hydrogen) atoms. The summed E-state index contributed by atoms with van der Waals surface area (Å²) in [6, 6.07) is 0. The molecule has 0 bridgehead atoms. The lowest BCUT2D eigenvalue weighted by atomic mass is 10.1. The molecule has 1 aromatic heterocycles. The molecular formula is C11H12N2O2. The van der Waals surface area contributed by atoms with Crippen LogP contribution in [0.2, 0.25) is 0 Å². The van der Waals surface area contributed by atoms with Gasteiger partial charge in [-0.2, -0.15) is 5.10 Å². The van der Waals surface area contributed by atoms with E-state index in [9.17, 15) is 9.59 Å². The van der Waals surface area contributed by atoms with Gasteiger partial charge in [-0.15, -0.1) is 0 Å². The van der Waals surface area contributed by atoms with E-state index in [-0.39, 0.29) is 17.9 Å². The average Bonchev–Trinajstić information content (AvgIpc) is 2.20. The largest absolute Gasteiger partial charge is 0.298 e. The minimum atomic E-state index is -0.322. The molecule has 0 N–H and O–H groups in total. The van der Waals surface area contributed by atoms with Crippen LogP contribution in [0.4, 0.5) is 0 Å². The Balaban J connectivity index is 3.35. The van der Waals surface area contributed by atoms with Crippen LogP contribution in [0.3, 0.4) is 0 Å². The molecule has 0 aliphatic rings. The predicted octanol–water partition coefficient (Wildman–Crippen LogP) is 1.12. The molecule has 4 nitrogen and oxygen atoms in total. The highest BCUT2D eigenvalue weighted by atomic mass is 16.1. The van der Waals surface area contributed by atoms with Crippen LogP contribution in [0, 0.1) is 0 Å². The van der Waals surface area contributed by atoms with Crippen molar-refractivity contribution in [2.24, 2.45) is 0 Å². The number of hydrogen-bond acceptors (Lipinski definition) is 3. The fraction of sp³-hybridized carbons (Fsp3) is 0.182. The highest BCUT2D eigenvalue weighted by Crippen LogP contribution is 2.04. The molecule has 1 aromatic rings. The molecule has 0 saturated carbocycles. The van der Waals surface area contributed by atoms with Crippen molar-refractivity contribution in [1.82, 2.24) is 9.78 Å². The number of carbonyl (C=O) groups is 1. The van der Waals surface area contributed by atoms with E-state index >= 15 is 0 Å². The van der Waals surface area contributed by atoms with Crippen LogP contribution in [-0.2, 0) is 11.3 Å². The standard InChI is InChI=1S/C11H12N2O2/c1-4-9-6-12-13(7-8(3)14)11(15)10(9)5-2/h4-6H,1-2,7H2,3H3. The molecule has 78 valence electrons. The highest BCUT2D eigenvalue weighted by Gasteiger charge is 2.07. The lowest BCUT2D eigenvalue weighted by Gasteiger charge is -2.04. The van der Waals surface area contributed by atoms with E-state index < -0.39 is 0 Å². The van der Waals surface area contributed by atoms with E-state index in [0.29, 0.717) is 11.1 Å². The van der Waals surface area contributed by atoms with Gasteiger partial charge in [-0.3, -0.25) is 9.59 Å². The van der Waals surface area contributed by atoms with Gasteiger partial charge in [-0.25, -0.2) is 4.68 Å². The third kappa shape index (κ3) is 2.28. The zero-order valence-electron chi connectivity index (χ0n) is 8.56. The Kier molecular flexibility index (Phi) is 3.33. The normalized spacial score (nSPS) is 9.67. The van der Waals surface area contributed by atoms with E-state index in [0.717, 1.165) is 4.68 Å². The van der Waals surface area contributed by atoms with Crippen LogP contribution >= 0.6 is 0 Å². The first-order valence-electron chi connectivity index (χ1n) is 4.44. The quantitative estimate of drug-likeness (QED) is 0.738. The number of rotatable bonds is 4. The maximum Gasteiger partial charge on any atom is 0.275 e. The minimum Gasteiger partial charge on any atom is -0.298 e. The maximum absolute atomic E-state index is 11.7. The second-order valence-electron chi connectivity index (χ2n) is 3.09. The van der Waals surface area contributed by atoms with E-state index in [4.69, 9.17) is 0 Å². The molecule has 0 saturated heterocycles. The molecule has 0 aliphatic carbocycles. The Bertz CT molecular complexity index is 472. The second-order valence-corrected chi connectivity index (χ2v) is 3.09. The molecule has 0 unspecified atom stereocenters. The summed E-state index contributed by atoms with van der Waals surface area (Å²) in [4.78, 5) is 22.6. The summed E-state index contributed by atoms with van der Waals surface area (Å²) in [5, 5.41) is 3.86. The summed E-state index contributed by atoms with van der Waals surface area (Å²) < 4.78 is 1.12. The number of nitrogens with zero attached hydrogens (tertiary/aromatic N) is 2. The van der Waals surface area contributed by atoms with Crippen LogP contribution < -0.4 is 5.56 Å². The predicted molar refractivity (Wildman–Crippen MR) is 59.4 cm³/mol. The van der Waals surface area contributed by atoms with Crippen molar-refractivity contribution in [1.29, 1.82) is 0 Å². The first-order chi connectivity index (χ1) is 7.10. The van der Waals surface area contributed by atoms with E-state index in [1.165, 1.54) is 25.3 Å². The molecule has 0 aromatic carbocycles. The first-order valence-corrected chi connectivity index (χ1v) is 4.44. The van der Waals surface area contributed by atoms with E-state index in [2.05, 4.69) is 18.3 Å². The van der Waals surface area contributed by atoms with E-state index in [1.807, 2.05) is 0 Å². The number of Topliss-reactive ketones (excluding diaryl/α,β-unsaturated/α-hetero) is 1. The van der Waals surface area contributed by atoms with Gasteiger partial charge in [-0.1, -0.05) is 25.3 Å². The van der Waals surface area contributed by atoms with Crippen molar-refractivity contribution < 1.29 is 4.79 Å². The van der Waals surface area contributed by atoms with Gasteiger partial charge in [0, 0.05) is 11.1 Å². The zero-order valence-corrected chi connectivity index (χ0v) is 8.56. The molecule has 4 heteroatoms. The fourth-order valence-electron chi connectivity index (χ4n) is 1.21. The third-order valence-corrected chi connectivity index (χ3v) is 1.91. The molecule has 0 atom stereocenters. The minimum absolute atomic E-state index is 0.0168. The van der Waals surface area contributed by atoms with Crippen LogP contribution in [0.25, 0.3) is 12.2 Å². The Morgan fingerprint density at radius 3 is 2.67 bits per heavy atom. The summed E-state index contributed by atoms with van der Waals surface area (Å²) in [6.07, 6.45) is 4.47. The van der Waals surface area contributed by atoms with Crippen LogP contribution in [-0.4, -0.2) is 15.6 Å². The summed E-state index contributed by atoms with van der Waals surface area (Å²) in [6.45, 7) is 8.50. The Morgan fingerprint density at radius 2 is 2.20 bits per heavy atom. The summed E-state index contributed by atoms with van der Waals surface area (Å²) in [5.74, 6) is -0.119. The maximum atomic E-state index is 11.7. The number of carbonyl (C=O) groups excluding carboxylic acids is 1. The van der Waals surface area contributed by atoms with Crippen LogP contribution in [0.15, 0.2) is 24.1 Å². The first kappa shape index (κ1) is 11.1. The van der Waals surface area contributed by atoms with Gasteiger partial charge in [0.25, 0.3) is 5.56 Å². The van der Waals surface area contributed by atoms with E-state index in [1.54, 1.807) is 0 Å². The van der Waals surface area contributed by atoms with Gasteiger partial charge in [0.2, 0.25) is 0 Å². The smallest absolute Gasteiger partial charge is 0.275 e. The summed E-state index contributed by atoms with van der Waals surface area (Å²) in [7, 11) is 0. The van der Waals surface area contributed by atoms with Crippen molar-refractivity contribution in [3.8, 4) is 0 Å². The molecule has 0 fully saturated rings. The topological polar surface area (TPSA) is 52.0 Å². The molecule has 1 heterocycles. The van der Waals surface area contributed by atoms with Gasteiger partial charge in [0.15, 0.2) is 5.78 Å². The van der Waals surface area contributed by atoms with Crippen LogP contribution in [0.1, 0.15) is 18.1 Å².